The lowest BCUT2D eigenvalue weighted by Gasteiger charge is -2.56. The number of aliphatic hydroxyl groups excluding tert-OH is 2. The molecule has 2 aromatic carbocycles. The minimum absolute atomic E-state index is 0.0690. The van der Waals surface area contributed by atoms with Crippen LogP contribution in [0.4, 0.5) is 0 Å². The molecular weight excluding hydrogens is 550 g/mol. The molecule has 0 saturated carbocycles. The average molecular weight is 582 g/mol. The van der Waals surface area contributed by atoms with Gasteiger partial charge in [0.05, 0.1) is 11.0 Å². The number of rotatable bonds is 7. The molecule has 2 aliphatic heterocycles. The van der Waals surface area contributed by atoms with E-state index in [1.807, 2.05) is 13.1 Å². The first-order valence-electron chi connectivity index (χ1n) is 13.7. The van der Waals surface area contributed by atoms with E-state index in [-0.39, 0.29) is 35.3 Å². The summed E-state index contributed by atoms with van der Waals surface area (Å²) in [4.78, 5) is 39.4. The molecule has 0 radical (unpaired) electrons. The molecule has 1 fully saturated rings. The standard InChI is InChI=1S/C30H31NO11/c1-31-13-5-11-29-20-16-8-9-17(32)24(20)41-25(29)18(10-12-30(29,39)19(31)14-16)40-28(38)23(15-6-3-2-4-7-15)42-27(37)22(34)21(33)26(35)36/h2-4,6-10,19,21-23,25,32-34,39H,5,11-14H2,1H3,(H,35,36)/t19-,21-,22-,23+,25+,29+,30-/m1/s1. The Hall–Kier alpha value is -3.97. The Morgan fingerprint density at radius 2 is 1.81 bits per heavy atom. The number of ether oxygens (including phenoxy) is 3. The smallest absolute Gasteiger partial charge is 0.357 e. The van der Waals surface area contributed by atoms with E-state index in [1.54, 1.807) is 30.3 Å². The van der Waals surface area contributed by atoms with Crippen molar-refractivity contribution < 1.29 is 54.1 Å². The third kappa shape index (κ3) is 4.01. The third-order valence-corrected chi connectivity index (χ3v) is 9.14. The molecule has 1 saturated heterocycles. The van der Waals surface area contributed by atoms with Crippen LogP contribution in [0, 0.1) is 0 Å². The average Bonchev–Trinajstić information content (AvgIpc) is 3.32. The molecule has 2 bridgehead atoms. The number of aliphatic carboxylic acids is 1. The fraction of sp³-hybridized carbons (Fsp3) is 0.433. The zero-order chi connectivity index (χ0) is 30.0. The molecule has 12 heteroatoms. The van der Waals surface area contributed by atoms with Gasteiger partial charge in [-0.1, -0.05) is 36.4 Å². The zero-order valence-corrected chi connectivity index (χ0v) is 22.7. The Morgan fingerprint density at radius 3 is 2.52 bits per heavy atom. The molecule has 222 valence electrons. The first-order chi connectivity index (χ1) is 20.0. The van der Waals surface area contributed by atoms with Crippen LogP contribution in [0.25, 0.3) is 0 Å². The van der Waals surface area contributed by atoms with Gasteiger partial charge < -0.3 is 44.6 Å². The number of carbonyl (C=O) groups excluding carboxylic acids is 2. The number of benzene rings is 2. The number of phenolic OH excluding ortho intramolecular Hbond substituents is 1. The summed E-state index contributed by atoms with van der Waals surface area (Å²) in [7, 11) is 1.96. The van der Waals surface area contributed by atoms with Gasteiger partial charge in [-0.15, -0.1) is 0 Å². The summed E-state index contributed by atoms with van der Waals surface area (Å²) in [5, 5.41) is 51.8. The molecule has 42 heavy (non-hydrogen) atoms. The van der Waals surface area contributed by atoms with Crippen LogP contribution in [0.1, 0.15) is 42.1 Å². The second-order valence-electron chi connectivity index (χ2n) is 11.3. The number of carbonyl (C=O) groups is 3. The van der Waals surface area contributed by atoms with E-state index in [9.17, 15) is 34.8 Å². The highest BCUT2D eigenvalue weighted by Gasteiger charge is 2.71. The summed E-state index contributed by atoms with van der Waals surface area (Å²) in [6.07, 6.45) is -4.20. The summed E-state index contributed by atoms with van der Waals surface area (Å²) in [6, 6.07) is 10.9. The number of nitrogens with zero attached hydrogens (tertiary/aromatic N) is 1. The molecule has 2 heterocycles. The van der Waals surface area contributed by atoms with Gasteiger partial charge in [0.25, 0.3) is 0 Å². The SMILES string of the molecule is CN1CCC[C@]23c4c5ccc(O)c4O[C@H]2C(OC(=O)[C@@H](OC(=O)[C@H](O)[C@@H](O)C(=O)O)c2ccccc2)=CC[C@@]3(O)[C@H]1C5. The first kappa shape index (κ1) is 28.2. The molecule has 6 rings (SSSR count). The number of hydrogen-bond acceptors (Lipinski definition) is 11. The predicted octanol–water partition coefficient (Wildman–Crippen LogP) is 0.694. The fourth-order valence-corrected chi connectivity index (χ4v) is 7.19. The summed E-state index contributed by atoms with van der Waals surface area (Å²) < 4.78 is 17.4. The molecular formula is C30H31NO11. The van der Waals surface area contributed by atoms with Crippen molar-refractivity contribution in [3.63, 3.8) is 0 Å². The molecule has 1 spiro atoms. The van der Waals surface area contributed by atoms with Crippen molar-refractivity contribution in [3.05, 3.63) is 71.0 Å². The van der Waals surface area contributed by atoms with Crippen LogP contribution in [-0.4, -0.2) is 91.9 Å². The summed E-state index contributed by atoms with van der Waals surface area (Å²) in [5.74, 6) is -4.25. The van der Waals surface area contributed by atoms with Crippen molar-refractivity contribution in [2.24, 2.45) is 0 Å². The first-order valence-corrected chi connectivity index (χ1v) is 13.7. The minimum Gasteiger partial charge on any atom is -0.504 e. The van der Waals surface area contributed by atoms with Gasteiger partial charge in [0.2, 0.25) is 6.10 Å². The maximum Gasteiger partial charge on any atom is 0.357 e. The van der Waals surface area contributed by atoms with Crippen molar-refractivity contribution >= 4 is 17.9 Å². The fourth-order valence-electron chi connectivity index (χ4n) is 7.19. The second-order valence-corrected chi connectivity index (χ2v) is 11.3. The number of aromatic hydroxyl groups is 1. The molecule has 7 atom stereocenters. The molecule has 0 aromatic heterocycles. The Labute approximate surface area is 240 Å². The number of aliphatic hydroxyl groups is 3. The van der Waals surface area contributed by atoms with Crippen LogP contribution in [0.2, 0.25) is 0 Å². The maximum absolute atomic E-state index is 13.7. The molecule has 2 aromatic rings. The number of carboxylic acids is 1. The molecule has 0 amide bonds. The number of esters is 2. The number of likely N-dealkylation sites (tertiary alicyclic amines) is 1. The van der Waals surface area contributed by atoms with Gasteiger partial charge in [0.15, 0.2) is 29.8 Å². The van der Waals surface area contributed by atoms with E-state index in [4.69, 9.17) is 19.3 Å². The van der Waals surface area contributed by atoms with Gasteiger partial charge in [0.1, 0.15) is 5.76 Å². The van der Waals surface area contributed by atoms with E-state index >= 15 is 0 Å². The number of hydrogen-bond donors (Lipinski definition) is 5. The highest BCUT2D eigenvalue weighted by Crippen LogP contribution is 2.65. The van der Waals surface area contributed by atoms with E-state index < -0.39 is 53.3 Å². The van der Waals surface area contributed by atoms with E-state index in [0.29, 0.717) is 24.8 Å². The lowest BCUT2D eigenvalue weighted by Crippen LogP contribution is -2.69. The van der Waals surface area contributed by atoms with Gasteiger partial charge >= 0.3 is 17.9 Å². The van der Waals surface area contributed by atoms with E-state index in [2.05, 4.69) is 4.90 Å². The summed E-state index contributed by atoms with van der Waals surface area (Å²) >= 11 is 0. The third-order valence-electron chi connectivity index (χ3n) is 9.14. The van der Waals surface area contributed by atoms with Crippen LogP contribution in [0.3, 0.4) is 0 Å². The van der Waals surface area contributed by atoms with Gasteiger partial charge in [-0.3, -0.25) is 0 Å². The maximum atomic E-state index is 13.7. The van der Waals surface area contributed by atoms with E-state index in [0.717, 1.165) is 12.1 Å². The highest BCUT2D eigenvalue weighted by molar-refractivity contribution is 5.87. The predicted molar refractivity (Wildman–Crippen MR) is 142 cm³/mol. The van der Waals surface area contributed by atoms with Crippen LogP contribution in [0.5, 0.6) is 11.5 Å². The molecule has 4 aliphatic rings. The Balaban J connectivity index is 1.36. The monoisotopic (exact) mass is 581 g/mol. The number of carboxylic acid groups (broad SMARTS) is 1. The quantitative estimate of drug-likeness (QED) is 0.289. The van der Waals surface area contributed by atoms with Gasteiger partial charge in [0, 0.05) is 23.6 Å². The minimum atomic E-state index is -2.47. The van der Waals surface area contributed by atoms with Gasteiger partial charge in [-0.2, -0.15) is 0 Å². The topological polar surface area (TPSA) is 183 Å². The molecule has 0 unspecified atom stereocenters. The molecule has 2 aliphatic carbocycles. The zero-order valence-electron chi connectivity index (χ0n) is 22.7. The van der Waals surface area contributed by atoms with Crippen LogP contribution < -0.4 is 4.74 Å². The Morgan fingerprint density at radius 1 is 1.07 bits per heavy atom. The second kappa shape index (κ2) is 10.1. The number of phenols is 1. The van der Waals surface area contributed by atoms with Crippen molar-refractivity contribution in [1.82, 2.24) is 4.90 Å². The lowest BCUT2D eigenvalue weighted by atomic mass is 9.52. The van der Waals surface area contributed by atoms with Gasteiger partial charge in [-0.05, 0) is 50.6 Å². The van der Waals surface area contributed by atoms with Gasteiger partial charge in [-0.25, -0.2) is 14.4 Å². The largest absolute Gasteiger partial charge is 0.504 e. The van der Waals surface area contributed by atoms with E-state index in [1.165, 1.54) is 12.1 Å². The lowest BCUT2D eigenvalue weighted by molar-refractivity contribution is -0.181. The molecule has 12 nitrogen and oxygen atoms in total. The van der Waals surface area contributed by atoms with Crippen molar-refractivity contribution in [1.29, 1.82) is 0 Å². The highest BCUT2D eigenvalue weighted by atomic mass is 16.6. The normalized spacial score (nSPS) is 29.6. The summed E-state index contributed by atoms with van der Waals surface area (Å²) in [5.41, 5.74) is -0.519. The van der Waals surface area contributed by atoms with Crippen molar-refractivity contribution in [2.45, 2.75) is 67.2 Å². The van der Waals surface area contributed by atoms with Crippen molar-refractivity contribution in [3.8, 4) is 11.5 Å². The number of likely N-dealkylation sites (N-methyl/N-ethyl adjacent to an activating group) is 1. The van der Waals surface area contributed by atoms with Crippen LogP contribution in [0.15, 0.2) is 54.3 Å². The summed E-state index contributed by atoms with van der Waals surface area (Å²) in [6.45, 7) is 0.725. The van der Waals surface area contributed by atoms with Crippen LogP contribution in [-0.2, 0) is 35.7 Å². The molecule has 5 N–H and O–H groups in total. The Bertz CT molecular complexity index is 1480. The Kier molecular flexibility index (Phi) is 6.76. The van der Waals surface area contributed by atoms with Crippen LogP contribution >= 0.6 is 0 Å². The van der Waals surface area contributed by atoms with Crippen molar-refractivity contribution in [2.75, 3.05) is 13.6 Å².